The largest absolute Gasteiger partial charge is 0.479 e. The van der Waals surface area contributed by atoms with Gasteiger partial charge >= 0.3 is 5.97 Å². The number of Topliss-reactive ketones (excluding diaryl/α,β-unsaturated/α-hetero) is 2. The molecule has 0 aromatic heterocycles. The lowest BCUT2D eigenvalue weighted by molar-refractivity contribution is -0.156. The summed E-state index contributed by atoms with van der Waals surface area (Å²) in [6.07, 6.45) is -1.01. The number of aliphatic hydroxyl groups excluding tert-OH is 2. The standard InChI is InChI=1S/C14H17Cl2NO.C5H8O5/c1-2-5-14(6-7-17-9-14)13(18)10-3-4-11(15)12(16)8-10;1-2(6)3(7)4(8)5(9)10/h3-4,8,17H,2,5-7,9H2,1H3;3-4,7-8H,1H3,(H,9,10)/t14-;3-,4+/m01/s1. The molecule has 1 aromatic carbocycles. The predicted molar refractivity (Wildman–Crippen MR) is 106 cm³/mol. The van der Waals surface area contributed by atoms with E-state index in [1.165, 1.54) is 0 Å². The number of aliphatic hydroxyl groups is 2. The summed E-state index contributed by atoms with van der Waals surface area (Å²) in [5.74, 6) is -2.19. The van der Waals surface area contributed by atoms with Gasteiger partial charge in [-0.3, -0.25) is 9.59 Å². The van der Waals surface area contributed by atoms with E-state index in [0.717, 1.165) is 39.3 Å². The average molecular weight is 434 g/mol. The molecule has 4 N–H and O–H groups in total. The number of carbonyl (C=O) groups is 3. The molecule has 0 radical (unpaired) electrons. The first-order valence-corrected chi connectivity index (χ1v) is 9.61. The second-order valence-corrected chi connectivity index (χ2v) is 7.57. The van der Waals surface area contributed by atoms with Crippen molar-refractivity contribution in [2.24, 2.45) is 5.41 Å². The van der Waals surface area contributed by atoms with Gasteiger partial charge in [-0.1, -0.05) is 36.5 Å². The van der Waals surface area contributed by atoms with Crippen LogP contribution < -0.4 is 5.32 Å². The third-order valence-corrected chi connectivity index (χ3v) is 5.34. The minimum Gasteiger partial charge on any atom is -0.479 e. The number of carboxylic acid groups (broad SMARTS) is 1. The van der Waals surface area contributed by atoms with Crippen LogP contribution >= 0.6 is 23.2 Å². The summed E-state index contributed by atoms with van der Waals surface area (Å²) in [7, 11) is 0. The van der Waals surface area contributed by atoms with Gasteiger partial charge in [0.15, 0.2) is 17.7 Å². The number of hydrogen-bond acceptors (Lipinski definition) is 6. The van der Waals surface area contributed by atoms with Crippen molar-refractivity contribution in [1.82, 2.24) is 5.32 Å². The Morgan fingerprint density at radius 3 is 2.21 bits per heavy atom. The SMILES string of the molecule is CC(=O)[C@@H](O)[C@H](O)C(=O)O.CCC[C@]1(C(=O)c2ccc(Cl)c(Cl)c2)CCNC1. The molecule has 0 saturated carbocycles. The first-order chi connectivity index (χ1) is 13.1. The zero-order valence-corrected chi connectivity index (χ0v) is 17.3. The Morgan fingerprint density at radius 1 is 1.18 bits per heavy atom. The number of carbonyl (C=O) groups excluding carboxylic acids is 2. The van der Waals surface area contributed by atoms with Crippen LogP contribution in [0.2, 0.25) is 10.0 Å². The zero-order valence-electron chi connectivity index (χ0n) is 15.7. The van der Waals surface area contributed by atoms with Gasteiger partial charge in [0.2, 0.25) is 0 Å². The van der Waals surface area contributed by atoms with Crippen molar-refractivity contribution in [2.45, 2.75) is 45.3 Å². The van der Waals surface area contributed by atoms with Crippen LogP contribution in [-0.4, -0.2) is 58.2 Å². The molecule has 2 rings (SSSR count). The monoisotopic (exact) mass is 433 g/mol. The first-order valence-electron chi connectivity index (χ1n) is 8.85. The highest BCUT2D eigenvalue weighted by atomic mass is 35.5. The third-order valence-electron chi connectivity index (χ3n) is 4.60. The molecule has 28 heavy (non-hydrogen) atoms. The van der Waals surface area contributed by atoms with Gasteiger partial charge in [0.1, 0.15) is 6.10 Å². The molecule has 9 heteroatoms. The lowest BCUT2D eigenvalue weighted by Gasteiger charge is -2.26. The molecule has 1 saturated heterocycles. The lowest BCUT2D eigenvalue weighted by Crippen LogP contribution is -2.38. The molecule has 1 fully saturated rings. The van der Waals surface area contributed by atoms with E-state index >= 15 is 0 Å². The van der Waals surface area contributed by atoms with Crippen molar-refractivity contribution in [2.75, 3.05) is 13.1 Å². The molecule has 1 aliphatic heterocycles. The highest BCUT2D eigenvalue weighted by Gasteiger charge is 2.40. The summed E-state index contributed by atoms with van der Waals surface area (Å²) in [5, 5.41) is 29.3. The third kappa shape index (κ3) is 6.25. The van der Waals surface area contributed by atoms with Crippen molar-refractivity contribution in [3.8, 4) is 0 Å². The molecular formula is C19H25Cl2NO6. The molecule has 0 unspecified atom stereocenters. The fourth-order valence-electron chi connectivity index (χ4n) is 3.04. The maximum Gasteiger partial charge on any atom is 0.335 e. The Bertz CT molecular complexity index is 700. The van der Waals surface area contributed by atoms with Crippen molar-refractivity contribution in [1.29, 1.82) is 0 Å². The molecule has 1 aliphatic rings. The zero-order chi connectivity index (χ0) is 21.5. The number of aliphatic carboxylic acids is 1. The minimum absolute atomic E-state index is 0.188. The van der Waals surface area contributed by atoms with Crippen LogP contribution in [-0.2, 0) is 9.59 Å². The Morgan fingerprint density at radius 2 is 1.82 bits per heavy atom. The van der Waals surface area contributed by atoms with Crippen LogP contribution in [0.25, 0.3) is 0 Å². The molecule has 1 aromatic rings. The number of hydrogen-bond donors (Lipinski definition) is 4. The summed E-state index contributed by atoms with van der Waals surface area (Å²) in [6, 6.07) is 5.15. The summed E-state index contributed by atoms with van der Waals surface area (Å²) in [6.45, 7) is 4.78. The van der Waals surface area contributed by atoms with Gasteiger partial charge in [0.05, 0.1) is 10.0 Å². The fraction of sp³-hybridized carbons (Fsp3) is 0.526. The maximum atomic E-state index is 12.7. The van der Waals surface area contributed by atoms with Crippen LogP contribution in [0.15, 0.2) is 18.2 Å². The van der Waals surface area contributed by atoms with Crippen LogP contribution in [0.4, 0.5) is 0 Å². The summed E-state index contributed by atoms with van der Waals surface area (Å²) < 4.78 is 0. The van der Waals surface area contributed by atoms with E-state index in [1.807, 2.05) is 0 Å². The maximum absolute atomic E-state index is 12.7. The van der Waals surface area contributed by atoms with Crippen molar-refractivity contribution in [3.63, 3.8) is 0 Å². The van der Waals surface area contributed by atoms with Gasteiger partial charge in [-0.25, -0.2) is 4.79 Å². The minimum atomic E-state index is -2.02. The van der Waals surface area contributed by atoms with Crippen molar-refractivity contribution >= 4 is 40.7 Å². The van der Waals surface area contributed by atoms with E-state index in [0.29, 0.717) is 15.6 Å². The van der Waals surface area contributed by atoms with E-state index in [4.69, 9.17) is 38.5 Å². The summed E-state index contributed by atoms with van der Waals surface area (Å²) in [5.41, 5.74) is 0.410. The normalized spacial score (nSPS) is 20.6. The van der Waals surface area contributed by atoms with Gasteiger partial charge in [0, 0.05) is 17.5 Å². The number of rotatable bonds is 7. The number of benzene rings is 1. The van der Waals surface area contributed by atoms with Crippen LogP contribution in [0, 0.1) is 5.41 Å². The molecule has 156 valence electrons. The second-order valence-electron chi connectivity index (χ2n) is 6.75. The molecule has 0 amide bonds. The van der Waals surface area contributed by atoms with Crippen molar-refractivity contribution in [3.05, 3.63) is 33.8 Å². The Hall–Kier alpha value is -1.51. The first kappa shape index (κ1) is 24.5. The van der Waals surface area contributed by atoms with E-state index in [-0.39, 0.29) is 11.2 Å². The van der Waals surface area contributed by atoms with Gasteiger partial charge in [0.25, 0.3) is 0 Å². The molecular weight excluding hydrogens is 409 g/mol. The number of nitrogens with one attached hydrogen (secondary N) is 1. The highest BCUT2D eigenvalue weighted by molar-refractivity contribution is 6.42. The molecule has 0 aliphatic carbocycles. The van der Waals surface area contributed by atoms with Gasteiger partial charge in [-0.15, -0.1) is 0 Å². The van der Waals surface area contributed by atoms with Crippen molar-refractivity contribution < 1.29 is 29.7 Å². The van der Waals surface area contributed by atoms with Crippen LogP contribution in [0.3, 0.4) is 0 Å². The number of halogens is 2. The smallest absolute Gasteiger partial charge is 0.335 e. The van der Waals surface area contributed by atoms with E-state index in [9.17, 15) is 14.4 Å². The topological polar surface area (TPSA) is 124 Å². The second kappa shape index (κ2) is 10.9. The Labute approximate surface area is 173 Å². The molecule has 7 nitrogen and oxygen atoms in total. The van der Waals surface area contributed by atoms with Gasteiger partial charge in [-0.2, -0.15) is 0 Å². The molecule has 3 atom stereocenters. The average Bonchev–Trinajstić information content (AvgIpc) is 3.12. The summed E-state index contributed by atoms with van der Waals surface area (Å²) >= 11 is 11.9. The Kier molecular flexibility index (Phi) is 9.53. The highest BCUT2D eigenvalue weighted by Crippen LogP contribution is 2.36. The molecule has 0 spiro atoms. The van der Waals surface area contributed by atoms with Gasteiger partial charge in [-0.05, 0) is 44.5 Å². The van der Waals surface area contributed by atoms with E-state index in [2.05, 4.69) is 12.2 Å². The lowest BCUT2D eigenvalue weighted by atomic mass is 9.76. The van der Waals surface area contributed by atoms with E-state index < -0.39 is 24.0 Å². The van der Waals surface area contributed by atoms with Gasteiger partial charge < -0.3 is 20.6 Å². The number of ketones is 2. The van der Waals surface area contributed by atoms with E-state index in [1.54, 1.807) is 18.2 Å². The fourth-order valence-corrected chi connectivity index (χ4v) is 3.34. The summed E-state index contributed by atoms with van der Waals surface area (Å²) in [4.78, 5) is 32.8. The quantitative estimate of drug-likeness (QED) is 0.486. The molecule has 0 bridgehead atoms. The predicted octanol–water partition coefficient (Wildman–Crippen LogP) is 2.34. The van der Waals surface area contributed by atoms with Crippen LogP contribution in [0.1, 0.15) is 43.5 Å². The van der Waals surface area contributed by atoms with Crippen LogP contribution in [0.5, 0.6) is 0 Å². The Balaban J connectivity index is 0.000000336. The number of carboxylic acids is 1. The molecule has 1 heterocycles.